The summed E-state index contributed by atoms with van der Waals surface area (Å²) in [6.07, 6.45) is 2.89. The Labute approximate surface area is 326 Å². The van der Waals surface area contributed by atoms with Gasteiger partial charge in [-0.15, -0.1) is 6.58 Å². The Morgan fingerprint density at radius 1 is 0.946 bits per heavy atom. The molecule has 56 heavy (non-hydrogen) atoms. The van der Waals surface area contributed by atoms with E-state index in [1.165, 1.54) is 0 Å². The Morgan fingerprint density at radius 3 is 2.43 bits per heavy atom. The first-order valence-corrected chi connectivity index (χ1v) is 19.2. The second-order valence-electron chi connectivity index (χ2n) is 15.0. The molecule has 5 heterocycles. The zero-order chi connectivity index (χ0) is 38.9. The smallest absolute Gasteiger partial charge is 0.334 e. The fraction of sp³-hybridized carbons (Fsp3) is 0.381. The molecule has 4 saturated heterocycles. The van der Waals surface area contributed by atoms with E-state index in [0.717, 1.165) is 53.9 Å². The van der Waals surface area contributed by atoms with E-state index in [4.69, 9.17) is 4.74 Å². The summed E-state index contributed by atoms with van der Waals surface area (Å²) in [5, 5.41) is 17.1. The van der Waals surface area contributed by atoms with Gasteiger partial charge in [0.1, 0.15) is 18.0 Å². The minimum atomic E-state index is -0.920. The lowest BCUT2D eigenvalue weighted by molar-refractivity contribution is -0.189. The number of amides is 5. The molecule has 14 heteroatoms. The van der Waals surface area contributed by atoms with E-state index in [2.05, 4.69) is 16.8 Å². The molecule has 0 spiro atoms. The number of morpholine rings is 1. The summed E-state index contributed by atoms with van der Waals surface area (Å²) in [6.45, 7) is 9.10. The standard InChI is InChI=1S/C42H48N8O6/c1-3-16-48-28-38(52)49-36(21-29-12-14-33(51)15-13-29)41(54)46(27-37(49)50(48)42(55)43-22-30-8-5-4-6-9-30)23-31-10-7-11-34-35(26-44(2)39(31)34)40(53)47-24-32(25-47)45-17-19-56-20-18-45/h3-15,26,32,36-37,51H,1,16-25,27-28H2,2H3,(H,43,55)/t36-,37-/m0/s1. The number of piperazine rings is 1. The monoisotopic (exact) mass is 760 g/mol. The van der Waals surface area contributed by atoms with Gasteiger partial charge in [-0.2, -0.15) is 0 Å². The van der Waals surface area contributed by atoms with Gasteiger partial charge in [-0.05, 0) is 28.8 Å². The van der Waals surface area contributed by atoms with Crippen molar-refractivity contribution in [3.8, 4) is 5.75 Å². The lowest BCUT2D eigenvalue weighted by atomic mass is 9.98. The Morgan fingerprint density at radius 2 is 1.70 bits per heavy atom. The zero-order valence-corrected chi connectivity index (χ0v) is 31.6. The number of nitrogens with one attached hydrogen (secondary N) is 1. The molecule has 4 aliphatic heterocycles. The number of hydrogen-bond donors (Lipinski definition) is 2. The van der Waals surface area contributed by atoms with Crippen molar-refractivity contribution in [2.45, 2.75) is 37.8 Å². The molecular weight excluding hydrogens is 713 g/mol. The highest BCUT2D eigenvalue weighted by atomic mass is 16.5. The molecule has 5 amide bonds. The Bertz CT molecular complexity index is 2110. The molecule has 14 nitrogen and oxygen atoms in total. The molecule has 1 aromatic heterocycles. The number of aromatic nitrogens is 1. The minimum Gasteiger partial charge on any atom is -0.508 e. The van der Waals surface area contributed by atoms with Crippen LogP contribution in [0.25, 0.3) is 10.9 Å². The van der Waals surface area contributed by atoms with Crippen molar-refractivity contribution < 1.29 is 29.0 Å². The summed E-state index contributed by atoms with van der Waals surface area (Å²) in [7, 11) is 1.91. The summed E-state index contributed by atoms with van der Waals surface area (Å²) >= 11 is 0. The van der Waals surface area contributed by atoms with E-state index in [1.807, 2.05) is 71.2 Å². The minimum absolute atomic E-state index is 0.0175. The molecule has 0 bridgehead atoms. The highest BCUT2D eigenvalue weighted by Crippen LogP contribution is 2.32. The zero-order valence-electron chi connectivity index (χ0n) is 31.6. The number of benzene rings is 3. The van der Waals surface area contributed by atoms with Crippen molar-refractivity contribution in [2.24, 2.45) is 7.05 Å². The molecule has 0 saturated carbocycles. The van der Waals surface area contributed by atoms with Crippen LogP contribution in [-0.4, -0.2) is 140 Å². The van der Waals surface area contributed by atoms with Gasteiger partial charge in [-0.3, -0.25) is 19.3 Å². The second-order valence-corrected chi connectivity index (χ2v) is 15.0. The van der Waals surface area contributed by atoms with Crippen molar-refractivity contribution in [2.75, 3.05) is 59.0 Å². The molecule has 0 unspecified atom stereocenters. The van der Waals surface area contributed by atoms with Gasteiger partial charge in [0.25, 0.3) is 5.91 Å². The predicted octanol–water partition coefficient (Wildman–Crippen LogP) is 2.78. The molecule has 2 atom stereocenters. The number of aromatic hydroxyl groups is 1. The highest BCUT2D eigenvalue weighted by molar-refractivity contribution is 6.08. The van der Waals surface area contributed by atoms with Crippen molar-refractivity contribution in [1.82, 2.24) is 39.5 Å². The van der Waals surface area contributed by atoms with Crippen molar-refractivity contribution in [1.29, 1.82) is 0 Å². The Kier molecular flexibility index (Phi) is 10.5. The summed E-state index contributed by atoms with van der Waals surface area (Å²) in [5.74, 6) is -0.439. The third-order valence-electron chi connectivity index (χ3n) is 11.4. The lowest BCUT2D eigenvalue weighted by Gasteiger charge is -2.55. The first kappa shape index (κ1) is 37.2. The number of ether oxygens (including phenoxy) is 1. The van der Waals surface area contributed by atoms with E-state index in [9.17, 15) is 24.3 Å². The molecule has 3 aromatic carbocycles. The normalized spacial score (nSPS) is 20.9. The maximum Gasteiger partial charge on any atom is 0.334 e. The summed E-state index contributed by atoms with van der Waals surface area (Å²) in [5.41, 5.74) is 3.99. The molecule has 8 rings (SSSR count). The van der Waals surface area contributed by atoms with Gasteiger partial charge in [-0.1, -0.05) is 66.7 Å². The molecule has 4 aliphatic rings. The number of likely N-dealkylation sites (tertiary alicyclic amines) is 1. The van der Waals surface area contributed by atoms with Gasteiger partial charge >= 0.3 is 6.03 Å². The van der Waals surface area contributed by atoms with E-state index in [0.29, 0.717) is 24.7 Å². The van der Waals surface area contributed by atoms with E-state index in [-0.39, 0.29) is 62.6 Å². The number of fused-ring (bicyclic) bond motifs is 2. The first-order chi connectivity index (χ1) is 27.2. The van der Waals surface area contributed by atoms with Crippen LogP contribution in [0.3, 0.4) is 0 Å². The largest absolute Gasteiger partial charge is 0.508 e. The molecule has 0 aliphatic carbocycles. The van der Waals surface area contributed by atoms with E-state index in [1.54, 1.807) is 50.2 Å². The summed E-state index contributed by atoms with van der Waals surface area (Å²) in [4.78, 5) is 64.3. The average Bonchev–Trinajstić information content (AvgIpc) is 3.53. The fourth-order valence-electron chi connectivity index (χ4n) is 8.58. The number of urea groups is 1. The van der Waals surface area contributed by atoms with Crippen LogP contribution in [0.5, 0.6) is 5.75 Å². The van der Waals surface area contributed by atoms with Gasteiger partial charge in [0, 0.05) is 76.9 Å². The predicted molar refractivity (Wildman–Crippen MR) is 209 cm³/mol. The number of carbonyl (C=O) groups is 4. The van der Waals surface area contributed by atoms with Crippen LogP contribution < -0.4 is 5.32 Å². The third kappa shape index (κ3) is 7.22. The number of carbonyl (C=O) groups excluding carboxylic acids is 4. The first-order valence-electron chi connectivity index (χ1n) is 19.2. The number of nitrogens with zero attached hydrogens (tertiary/aromatic N) is 7. The number of rotatable bonds is 10. The fourth-order valence-corrected chi connectivity index (χ4v) is 8.58. The summed E-state index contributed by atoms with van der Waals surface area (Å²) < 4.78 is 7.46. The number of hydrazine groups is 1. The van der Waals surface area contributed by atoms with Crippen LogP contribution in [0.4, 0.5) is 4.79 Å². The number of phenolic OH excluding ortho intramolecular Hbond substituents is 1. The summed E-state index contributed by atoms with van der Waals surface area (Å²) in [6, 6.07) is 21.0. The quantitative estimate of drug-likeness (QED) is 0.236. The van der Waals surface area contributed by atoms with Crippen LogP contribution >= 0.6 is 0 Å². The maximum atomic E-state index is 14.7. The van der Waals surface area contributed by atoms with Crippen LogP contribution in [0.2, 0.25) is 0 Å². The van der Waals surface area contributed by atoms with Crippen LogP contribution in [0.15, 0.2) is 91.6 Å². The topological polar surface area (TPSA) is 134 Å². The van der Waals surface area contributed by atoms with Gasteiger partial charge in [0.2, 0.25) is 11.8 Å². The van der Waals surface area contributed by atoms with Gasteiger partial charge in [0.05, 0.1) is 37.4 Å². The van der Waals surface area contributed by atoms with Crippen LogP contribution in [0, 0.1) is 0 Å². The van der Waals surface area contributed by atoms with Gasteiger partial charge in [0.15, 0.2) is 0 Å². The van der Waals surface area contributed by atoms with Gasteiger partial charge < -0.3 is 34.4 Å². The third-order valence-corrected chi connectivity index (χ3v) is 11.4. The lowest BCUT2D eigenvalue weighted by Crippen LogP contribution is -2.76. The van der Waals surface area contributed by atoms with Gasteiger partial charge in [-0.25, -0.2) is 14.8 Å². The second kappa shape index (κ2) is 15.8. The number of phenols is 1. The van der Waals surface area contributed by atoms with E-state index < -0.39 is 18.2 Å². The SMILES string of the molecule is C=CCN1CC(=O)N2[C@@H](Cc3ccc(O)cc3)C(=O)N(Cc3cccc4c(C(=O)N5CC(N6CCOCC6)C5)cn(C)c34)C[C@@H]2N1C(=O)NCc1ccccc1. The van der Waals surface area contributed by atoms with Crippen LogP contribution in [-0.2, 0) is 40.9 Å². The number of para-hydroxylation sites is 1. The Balaban J connectivity index is 1.10. The highest BCUT2D eigenvalue weighted by Gasteiger charge is 2.51. The van der Waals surface area contributed by atoms with Crippen molar-refractivity contribution in [3.05, 3.63) is 114 Å². The molecule has 292 valence electrons. The van der Waals surface area contributed by atoms with Crippen molar-refractivity contribution in [3.63, 3.8) is 0 Å². The number of aryl methyl sites for hydroxylation is 1. The van der Waals surface area contributed by atoms with Crippen LogP contribution in [0.1, 0.15) is 27.0 Å². The maximum absolute atomic E-state index is 14.7. The molecule has 4 fully saturated rings. The van der Waals surface area contributed by atoms with Crippen molar-refractivity contribution >= 4 is 34.7 Å². The van der Waals surface area contributed by atoms with E-state index >= 15 is 0 Å². The molecule has 2 N–H and O–H groups in total. The Hall–Kier alpha value is -5.70. The average molecular weight is 761 g/mol. The molecule has 4 aromatic rings. The number of hydrogen-bond acceptors (Lipinski definition) is 8. The molecular formula is C42H48N8O6. The molecule has 0 radical (unpaired) electrons.